The van der Waals surface area contributed by atoms with Gasteiger partial charge >= 0.3 is 0 Å². The maximum Gasteiger partial charge on any atom is 0.204 e. The molecule has 1 aromatic heterocycles. The van der Waals surface area contributed by atoms with Gasteiger partial charge in [-0.1, -0.05) is 6.08 Å². The van der Waals surface area contributed by atoms with Gasteiger partial charge in [-0.15, -0.1) is 0 Å². The van der Waals surface area contributed by atoms with Crippen molar-refractivity contribution in [1.82, 2.24) is 4.57 Å². The highest BCUT2D eigenvalue weighted by atomic mass is 19.2. The van der Waals surface area contributed by atoms with Gasteiger partial charge in [0.15, 0.2) is 11.5 Å². The number of allylic oxidation sites excluding steroid dienone is 1. The summed E-state index contributed by atoms with van der Waals surface area (Å²) >= 11 is 0. The molecule has 3 rings (SSSR count). The first-order chi connectivity index (χ1) is 12.7. The molecule has 0 aliphatic heterocycles. The second-order valence-electron chi connectivity index (χ2n) is 6.69. The molecule has 1 aliphatic rings. The number of rotatable bonds is 7. The van der Waals surface area contributed by atoms with Gasteiger partial charge in [0.25, 0.3) is 0 Å². The van der Waals surface area contributed by atoms with E-state index in [0.717, 1.165) is 25.7 Å². The van der Waals surface area contributed by atoms with E-state index in [9.17, 15) is 8.78 Å². The Morgan fingerprint density at radius 2 is 1.62 bits per heavy atom. The lowest BCUT2D eigenvalue weighted by Gasteiger charge is -2.26. The van der Waals surface area contributed by atoms with E-state index in [2.05, 4.69) is 12.3 Å². The van der Waals surface area contributed by atoms with Crippen molar-refractivity contribution in [3.8, 4) is 11.5 Å². The molecule has 1 aromatic carbocycles. The molecule has 5 heteroatoms. The Morgan fingerprint density at radius 1 is 1.00 bits per heavy atom. The molecule has 0 bridgehead atoms. The van der Waals surface area contributed by atoms with Gasteiger partial charge in [0, 0.05) is 18.6 Å². The van der Waals surface area contributed by atoms with Crippen molar-refractivity contribution in [3.63, 3.8) is 0 Å². The Balaban J connectivity index is 1.47. The van der Waals surface area contributed by atoms with Gasteiger partial charge in [-0.2, -0.15) is 8.78 Å². The molecule has 3 nitrogen and oxygen atoms in total. The van der Waals surface area contributed by atoms with Crippen molar-refractivity contribution in [2.75, 3.05) is 13.2 Å². The Kier molecular flexibility index (Phi) is 6.31. The standard InChI is InChI=1S/C21H25F2NO2/c1-2-25-18-9-10-19(21(23)20(18)22)26-15-17-7-5-16(6-8-17)11-14-24-12-3-4-13-24/h3-4,9-14,16-17H,2,5-8,15H2,1H3. The van der Waals surface area contributed by atoms with E-state index >= 15 is 0 Å². The maximum atomic E-state index is 14.0. The van der Waals surface area contributed by atoms with Gasteiger partial charge in [-0.3, -0.25) is 0 Å². The van der Waals surface area contributed by atoms with E-state index in [1.807, 2.05) is 29.1 Å². The zero-order valence-electron chi connectivity index (χ0n) is 15.0. The van der Waals surface area contributed by atoms with Crippen LogP contribution in [0.2, 0.25) is 0 Å². The summed E-state index contributed by atoms with van der Waals surface area (Å²) in [6.07, 6.45) is 12.6. The Bertz CT molecular complexity index is 720. The van der Waals surface area contributed by atoms with Crippen molar-refractivity contribution in [3.05, 3.63) is 54.4 Å². The number of nitrogens with zero attached hydrogens (tertiary/aromatic N) is 1. The van der Waals surface area contributed by atoms with Crippen LogP contribution in [0.15, 0.2) is 42.7 Å². The average molecular weight is 361 g/mol. The van der Waals surface area contributed by atoms with Crippen LogP contribution >= 0.6 is 0 Å². The summed E-state index contributed by atoms with van der Waals surface area (Å²) < 4.78 is 40.6. The van der Waals surface area contributed by atoms with Crippen molar-refractivity contribution in [1.29, 1.82) is 0 Å². The minimum atomic E-state index is -0.983. The smallest absolute Gasteiger partial charge is 0.204 e. The molecule has 0 radical (unpaired) electrons. The Hall–Kier alpha value is -2.30. The molecule has 0 saturated heterocycles. The summed E-state index contributed by atoms with van der Waals surface area (Å²) in [5.74, 6) is -1.14. The average Bonchev–Trinajstić information content (AvgIpc) is 3.18. The molecule has 2 aromatic rings. The lowest BCUT2D eigenvalue weighted by Crippen LogP contribution is -2.19. The molecular formula is C21H25F2NO2. The number of aromatic nitrogens is 1. The summed E-state index contributed by atoms with van der Waals surface area (Å²) in [5.41, 5.74) is 0. The van der Waals surface area contributed by atoms with E-state index < -0.39 is 11.6 Å². The topological polar surface area (TPSA) is 23.4 Å². The van der Waals surface area contributed by atoms with Gasteiger partial charge < -0.3 is 14.0 Å². The molecule has 1 fully saturated rings. The fourth-order valence-corrected chi connectivity index (χ4v) is 3.32. The van der Waals surface area contributed by atoms with Gasteiger partial charge in [-0.05, 0) is 68.7 Å². The lowest BCUT2D eigenvalue weighted by molar-refractivity contribution is 0.187. The summed E-state index contributed by atoms with van der Waals surface area (Å²) in [6.45, 7) is 2.43. The fraction of sp³-hybridized carbons (Fsp3) is 0.429. The predicted octanol–water partition coefficient (Wildman–Crippen LogP) is 5.52. The molecule has 1 aliphatic carbocycles. The van der Waals surface area contributed by atoms with Crippen LogP contribution in [0.5, 0.6) is 11.5 Å². The Morgan fingerprint density at radius 3 is 2.23 bits per heavy atom. The SMILES string of the molecule is CCOc1ccc(OCC2CCC(C=Cn3cccc3)CC2)c(F)c1F. The van der Waals surface area contributed by atoms with Gasteiger partial charge in [0.05, 0.1) is 13.2 Å². The highest BCUT2D eigenvalue weighted by Crippen LogP contribution is 2.32. The monoisotopic (exact) mass is 361 g/mol. The highest BCUT2D eigenvalue weighted by Gasteiger charge is 2.21. The van der Waals surface area contributed by atoms with Crippen LogP contribution < -0.4 is 9.47 Å². The predicted molar refractivity (Wildman–Crippen MR) is 98.2 cm³/mol. The van der Waals surface area contributed by atoms with Crippen molar-refractivity contribution >= 4 is 6.20 Å². The molecule has 0 amide bonds. The zero-order valence-corrected chi connectivity index (χ0v) is 15.0. The minimum Gasteiger partial charge on any atom is -0.491 e. The normalized spacial score (nSPS) is 20.4. The third kappa shape index (κ3) is 4.65. The lowest BCUT2D eigenvalue weighted by atomic mass is 9.82. The first-order valence-electron chi connectivity index (χ1n) is 9.21. The molecule has 0 unspecified atom stereocenters. The van der Waals surface area contributed by atoms with Crippen LogP contribution in [-0.2, 0) is 0 Å². The summed E-state index contributed by atoms with van der Waals surface area (Å²) in [7, 11) is 0. The largest absolute Gasteiger partial charge is 0.491 e. The summed E-state index contributed by atoms with van der Waals surface area (Å²) in [5, 5.41) is 0. The number of benzene rings is 1. The number of hydrogen-bond acceptors (Lipinski definition) is 2. The molecule has 1 saturated carbocycles. The molecule has 26 heavy (non-hydrogen) atoms. The minimum absolute atomic E-state index is 0.0411. The third-order valence-corrected chi connectivity index (χ3v) is 4.84. The van der Waals surface area contributed by atoms with Gasteiger partial charge in [0.2, 0.25) is 11.6 Å². The second kappa shape index (κ2) is 8.88. The molecule has 0 N–H and O–H groups in total. The number of hydrogen-bond donors (Lipinski definition) is 0. The van der Waals surface area contributed by atoms with E-state index in [0.29, 0.717) is 25.0 Å². The van der Waals surface area contributed by atoms with E-state index in [1.54, 1.807) is 6.92 Å². The van der Waals surface area contributed by atoms with E-state index in [4.69, 9.17) is 9.47 Å². The second-order valence-corrected chi connectivity index (χ2v) is 6.69. The van der Waals surface area contributed by atoms with E-state index in [-0.39, 0.29) is 11.5 Å². The highest BCUT2D eigenvalue weighted by molar-refractivity contribution is 5.35. The molecule has 0 spiro atoms. The van der Waals surface area contributed by atoms with Crippen LogP contribution in [0.25, 0.3) is 6.20 Å². The van der Waals surface area contributed by atoms with Gasteiger partial charge in [-0.25, -0.2) is 0 Å². The third-order valence-electron chi connectivity index (χ3n) is 4.84. The fourth-order valence-electron chi connectivity index (χ4n) is 3.32. The van der Waals surface area contributed by atoms with Crippen LogP contribution in [-0.4, -0.2) is 17.8 Å². The van der Waals surface area contributed by atoms with Crippen molar-refractivity contribution < 1.29 is 18.3 Å². The quantitative estimate of drug-likeness (QED) is 0.648. The van der Waals surface area contributed by atoms with Crippen LogP contribution in [0, 0.1) is 23.5 Å². The Labute approximate surface area is 153 Å². The van der Waals surface area contributed by atoms with E-state index in [1.165, 1.54) is 12.1 Å². The zero-order chi connectivity index (χ0) is 18.4. The molecule has 140 valence electrons. The molecule has 1 heterocycles. The number of halogens is 2. The summed E-state index contributed by atoms with van der Waals surface area (Å²) in [4.78, 5) is 0. The first-order valence-corrected chi connectivity index (χ1v) is 9.21. The summed E-state index contributed by atoms with van der Waals surface area (Å²) in [6, 6.07) is 6.86. The van der Waals surface area contributed by atoms with Crippen LogP contribution in [0.3, 0.4) is 0 Å². The van der Waals surface area contributed by atoms with Gasteiger partial charge in [0.1, 0.15) is 0 Å². The van der Waals surface area contributed by atoms with Crippen LogP contribution in [0.1, 0.15) is 32.6 Å². The molecular weight excluding hydrogens is 336 g/mol. The maximum absolute atomic E-state index is 14.0. The van der Waals surface area contributed by atoms with Crippen LogP contribution in [0.4, 0.5) is 8.78 Å². The number of ether oxygens (including phenoxy) is 2. The first kappa shape index (κ1) is 18.5. The van der Waals surface area contributed by atoms with Crippen molar-refractivity contribution in [2.45, 2.75) is 32.6 Å². The molecule has 0 atom stereocenters. The van der Waals surface area contributed by atoms with Crippen molar-refractivity contribution in [2.24, 2.45) is 11.8 Å².